The highest BCUT2D eigenvalue weighted by Crippen LogP contribution is 2.10. The molecule has 0 aromatic heterocycles. The highest BCUT2D eigenvalue weighted by atomic mass is 35.5. The van der Waals surface area contributed by atoms with Crippen molar-refractivity contribution < 1.29 is 9.53 Å². The van der Waals surface area contributed by atoms with Crippen LogP contribution in [0.5, 0.6) is 5.75 Å². The molecule has 3 N–H and O–H groups in total. The fourth-order valence-electron chi connectivity index (χ4n) is 2.07. The van der Waals surface area contributed by atoms with Crippen LogP contribution >= 0.6 is 12.4 Å². The number of benzene rings is 2. The second-order valence-electron chi connectivity index (χ2n) is 5.25. The van der Waals surface area contributed by atoms with E-state index >= 15 is 0 Å². The van der Waals surface area contributed by atoms with Crippen LogP contribution in [-0.2, 0) is 11.2 Å². The molecule has 1 amide bonds. The van der Waals surface area contributed by atoms with E-state index in [1.807, 2.05) is 61.5 Å². The van der Waals surface area contributed by atoms with E-state index in [2.05, 4.69) is 5.32 Å². The summed E-state index contributed by atoms with van der Waals surface area (Å²) < 4.78 is 5.55. The summed E-state index contributed by atoms with van der Waals surface area (Å²) in [4.78, 5) is 11.9. The molecule has 0 spiro atoms. The molecule has 0 aliphatic rings. The minimum atomic E-state index is -0.540. The fraction of sp³-hybridized carbons (Fsp3) is 0.278. The Hall–Kier alpha value is -2.04. The number of hydrogen-bond donors (Lipinski definition) is 2. The highest BCUT2D eigenvalue weighted by molar-refractivity contribution is 5.85. The number of amides is 1. The van der Waals surface area contributed by atoms with Crippen LogP contribution in [0.4, 0.5) is 0 Å². The summed E-state index contributed by atoms with van der Waals surface area (Å²) in [5.41, 5.74) is 8.15. The summed E-state index contributed by atoms with van der Waals surface area (Å²) in [6.45, 7) is 2.89. The van der Waals surface area contributed by atoms with Crippen molar-refractivity contribution in [3.63, 3.8) is 0 Å². The van der Waals surface area contributed by atoms with Crippen LogP contribution in [0.15, 0.2) is 54.6 Å². The molecular weight excluding hydrogens is 312 g/mol. The molecular formula is C18H23ClN2O2. The molecule has 4 nitrogen and oxygen atoms in total. The smallest absolute Gasteiger partial charge is 0.237 e. The molecule has 0 saturated carbocycles. The van der Waals surface area contributed by atoms with Crippen molar-refractivity contribution in [2.75, 3.05) is 13.2 Å². The Labute approximate surface area is 143 Å². The van der Waals surface area contributed by atoms with E-state index in [1.165, 1.54) is 5.56 Å². The Kier molecular flexibility index (Phi) is 8.16. The quantitative estimate of drug-likeness (QED) is 0.765. The lowest BCUT2D eigenvalue weighted by atomic mass is 10.1. The second kappa shape index (κ2) is 9.87. The van der Waals surface area contributed by atoms with Gasteiger partial charge in [-0.3, -0.25) is 4.79 Å². The fourth-order valence-corrected chi connectivity index (χ4v) is 2.07. The summed E-state index contributed by atoms with van der Waals surface area (Å²) in [6.07, 6.45) is 0.533. The number of hydrogen-bond acceptors (Lipinski definition) is 3. The van der Waals surface area contributed by atoms with Crippen LogP contribution in [0.25, 0.3) is 0 Å². The van der Waals surface area contributed by atoms with Gasteiger partial charge in [0.2, 0.25) is 5.91 Å². The van der Waals surface area contributed by atoms with Gasteiger partial charge in [-0.15, -0.1) is 12.4 Å². The molecule has 0 heterocycles. The zero-order valence-corrected chi connectivity index (χ0v) is 14.0. The Morgan fingerprint density at radius 3 is 2.43 bits per heavy atom. The van der Waals surface area contributed by atoms with Gasteiger partial charge in [-0.25, -0.2) is 0 Å². The SMILES string of the molecule is Cc1ccc(OCCNC(=O)[C@@H](N)Cc2ccccc2)cc1.Cl. The zero-order chi connectivity index (χ0) is 15.8. The van der Waals surface area contributed by atoms with Crippen molar-refractivity contribution >= 4 is 18.3 Å². The molecule has 0 unspecified atom stereocenters. The van der Waals surface area contributed by atoms with Crippen molar-refractivity contribution in [1.82, 2.24) is 5.32 Å². The molecule has 0 bridgehead atoms. The number of carbonyl (C=O) groups excluding carboxylic acids is 1. The van der Waals surface area contributed by atoms with Crippen LogP contribution in [0.2, 0.25) is 0 Å². The highest BCUT2D eigenvalue weighted by Gasteiger charge is 2.13. The second-order valence-corrected chi connectivity index (χ2v) is 5.25. The van der Waals surface area contributed by atoms with Crippen LogP contribution in [0.3, 0.4) is 0 Å². The van der Waals surface area contributed by atoms with Crippen LogP contribution < -0.4 is 15.8 Å². The molecule has 5 heteroatoms. The number of halogens is 1. The third-order valence-electron chi connectivity index (χ3n) is 3.33. The number of nitrogens with one attached hydrogen (secondary N) is 1. The number of nitrogens with two attached hydrogens (primary N) is 1. The van der Waals surface area contributed by atoms with E-state index in [4.69, 9.17) is 10.5 Å². The first-order chi connectivity index (χ1) is 10.6. The van der Waals surface area contributed by atoms with Crippen LogP contribution in [-0.4, -0.2) is 25.1 Å². The van der Waals surface area contributed by atoms with Gasteiger partial charge in [-0.05, 0) is 31.0 Å². The molecule has 0 aliphatic carbocycles. The Morgan fingerprint density at radius 2 is 1.78 bits per heavy atom. The molecule has 1 atom stereocenters. The average Bonchev–Trinajstić information content (AvgIpc) is 2.54. The summed E-state index contributed by atoms with van der Waals surface area (Å²) in [5.74, 6) is 0.643. The van der Waals surface area contributed by atoms with E-state index in [1.54, 1.807) is 0 Å². The van der Waals surface area contributed by atoms with E-state index < -0.39 is 6.04 Å². The van der Waals surface area contributed by atoms with Crippen molar-refractivity contribution in [3.8, 4) is 5.75 Å². The van der Waals surface area contributed by atoms with Crippen molar-refractivity contribution in [2.24, 2.45) is 5.73 Å². The van der Waals surface area contributed by atoms with Gasteiger partial charge in [0, 0.05) is 0 Å². The number of carbonyl (C=O) groups is 1. The minimum Gasteiger partial charge on any atom is -0.492 e. The predicted molar refractivity (Wildman–Crippen MR) is 95.1 cm³/mol. The third kappa shape index (κ3) is 6.72. The van der Waals surface area contributed by atoms with E-state index in [0.717, 1.165) is 11.3 Å². The standard InChI is InChI=1S/C18H22N2O2.ClH/c1-14-7-9-16(10-8-14)22-12-11-20-18(21)17(19)13-15-5-3-2-4-6-15;/h2-10,17H,11-13,19H2,1H3,(H,20,21);1H/t17-;/m0./s1. The molecule has 2 aromatic carbocycles. The van der Waals surface area contributed by atoms with Gasteiger partial charge in [-0.1, -0.05) is 48.0 Å². The first-order valence-corrected chi connectivity index (χ1v) is 7.42. The van der Waals surface area contributed by atoms with Crippen molar-refractivity contribution in [3.05, 3.63) is 65.7 Å². The zero-order valence-electron chi connectivity index (χ0n) is 13.2. The normalized spacial score (nSPS) is 11.2. The monoisotopic (exact) mass is 334 g/mol. The van der Waals surface area contributed by atoms with E-state index in [0.29, 0.717) is 19.6 Å². The lowest BCUT2D eigenvalue weighted by Crippen LogP contribution is -2.43. The first kappa shape index (κ1) is 19.0. The molecule has 124 valence electrons. The van der Waals surface area contributed by atoms with Gasteiger partial charge in [0.25, 0.3) is 0 Å². The predicted octanol–water partition coefficient (Wildman–Crippen LogP) is 2.48. The van der Waals surface area contributed by atoms with Crippen LogP contribution in [0, 0.1) is 6.92 Å². The average molecular weight is 335 g/mol. The van der Waals surface area contributed by atoms with Crippen LogP contribution in [0.1, 0.15) is 11.1 Å². The molecule has 0 radical (unpaired) electrons. The molecule has 0 fully saturated rings. The first-order valence-electron chi connectivity index (χ1n) is 7.42. The number of rotatable bonds is 7. The van der Waals surface area contributed by atoms with E-state index in [-0.39, 0.29) is 18.3 Å². The third-order valence-corrected chi connectivity index (χ3v) is 3.33. The van der Waals surface area contributed by atoms with Gasteiger partial charge < -0.3 is 15.8 Å². The van der Waals surface area contributed by atoms with Gasteiger partial charge in [0.05, 0.1) is 12.6 Å². The summed E-state index contributed by atoms with van der Waals surface area (Å²) in [7, 11) is 0. The Morgan fingerprint density at radius 1 is 1.13 bits per heavy atom. The van der Waals surface area contributed by atoms with Crippen molar-refractivity contribution in [1.29, 1.82) is 0 Å². The summed E-state index contributed by atoms with van der Waals surface area (Å²) in [5, 5.41) is 2.80. The van der Waals surface area contributed by atoms with Gasteiger partial charge in [0.15, 0.2) is 0 Å². The molecule has 0 aliphatic heterocycles. The minimum absolute atomic E-state index is 0. The van der Waals surface area contributed by atoms with Gasteiger partial charge in [-0.2, -0.15) is 0 Å². The molecule has 2 aromatic rings. The lowest BCUT2D eigenvalue weighted by Gasteiger charge is -2.13. The molecule has 23 heavy (non-hydrogen) atoms. The van der Waals surface area contributed by atoms with E-state index in [9.17, 15) is 4.79 Å². The lowest BCUT2D eigenvalue weighted by molar-refractivity contribution is -0.122. The number of aryl methyl sites for hydroxylation is 1. The Bertz CT molecular complexity index is 588. The maximum absolute atomic E-state index is 11.9. The molecule has 2 rings (SSSR count). The number of ether oxygens (including phenoxy) is 1. The van der Waals surface area contributed by atoms with Gasteiger partial charge in [0.1, 0.15) is 12.4 Å². The summed E-state index contributed by atoms with van der Waals surface area (Å²) >= 11 is 0. The molecule has 0 saturated heterocycles. The van der Waals surface area contributed by atoms with Gasteiger partial charge >= 0.3 is 0 Å². The summed E-state index contributed by atoms with van der Waals surface area (Å²) in [6, 6.07) is 17.0. The Balaban J connectivity index is 0.00000264. The largest absolute Gasteiger partial charge is 0.492 e. The maximum atomic E-state index is 11.9. The maximum Gasteiger partial charge on any atom is 0.237 e. The van der Waals surface area contributed by atoms with Crippen molar-refractivity contribution in [2.45, 2.75) is 19.4 Å². The topological polar surface area (TPSA) is 64.3 Å².